The first-order chi connectivity index (χ1) is 15.0. The second-order valence-corrected chi connectivity index (χ2v) is 8.96. The molecule has 31 heavy (non-hydrogen) atoms. The van der Waals surface area contributed by atoms with Crippen LogP contribution in [-0.4, -0.2) is 32.8 Å². The minimum atomic E-state index is -0.469. The Morgan fingerprint density at radius 2 is 2.00 bits per heavy atom. The van der Waals surface area contributed by atoms with E-state index < -0.39 is 5.25 Å². The van der Waals surface area contributed by atoms with Crippen LogP contribution in [0.4, 0.5) is 5.13 Å². The van der Waals surface area contributed by atoms with Crippen LogP contribution in [0.1, 0.15) is 6.92 Å². The Hall–Kier alpha value is -3.17. The molecular formula is C22H20N4O3S2. The number of benzene rings is 2. The molecule has 2 aromatic carbocycles. The van der Waals surface area contributed by atoms with Gasteiger partial charge < -0.3 is 10.1 Å². The van der Waals surface area contributed by atoms with E-state index in [0.717, 1.165) is 17.0 Å². The highest BCUT2D eigenvalue weighted by atomic mass is 32.2. The van der Waals surface area contributed by atoms with Crippen molar-refractivity contribution >= 4 is 45.0 Å². The molecule has 0 bridgehead atoms. The number of hydrogen-bond donors (Lipinski definition) is 1. The monoisotopic (exact) mass is 452 g/mol. The number of aromatic nitrogens is 3. The number of ether oxygens (including phenoxy) is 1. The Kier molecular flexibility index (Phi) is 6.06. The molecule has 0 aliphatic carbocycles. The molecule has 4 rings (SSSR count). The molecule has 2 aromatic heterocycles. The third-order valence-electron chi connectivity index (χ3n) is 4.69. The highest BCUT2D eigenvalue weighted by Crippen LogP contribution is 2.28. The summed E-state index contributed by atoms with van der Waals surface area (Å²) in [5.74, 6) is 0.536. The Morgan fingerprint density at radius 1 is 1.19 bits per heavy atom. The topological polar surface area (TPSA) is 86.1 Å². The average molecular weight is 453 g/mol. The summed E-state index contributed by atoms with van der Waals surface area (Å²) >= 11 is 2.59. The lowest BCUT2D eigenvalue weighted by Gasteiger charge is -2.13. The molecular weight excluding hydrogens is 432 g/mol. The summed E-state index contributed by atoms with van der Waals surface area (Å²) in [6, 6.07) is 14.8. The van der Waals surface area contributed by atoms with Crippen molar-refractivity contribution < 1.29 is 9.53 Å². The smallest absolute Gasteiger partial charge is 0.261 e. The SMILES string of the molecule is COc1cccc(-c2csc(NC(=O)C(C)Sc3nc4ccccc4c(=O)n3C)n2)c1. The van der Waals surface area contributed by atoms with Crippen molar-refractivity contribution in [2.75, 3.05) is 12.4 Å². The molecule has 0 aliphatic heterocycles. The van der Waals surface area contributed by atoms with Gasteiger partial charge in [-0.25, -0.2) is 9.97 Å². The summed E-state index contributed by atoms with van der Waals surface area (Å²) in [5, 5.41) is 5.82. The predicted octanol–water partition coefficient (Wildman–Crippen LogP) is 4.18. The summed E-state index contributed by atoms with van der Waals surface area (Å²) in [5.41, 5.74) is 2.15. The number of carbonyl (C=O) groups is 1. The van der Waals surface area contributed by atoms with Gasteiger partial charge in [0, 0.05) is 18.0 Å². The fourth-order valence-electron chi connectivity index (χ4n) is 2.97. The Labute approximate surface area is 187 Å². The quantitative estimate of drug-likeness (QED) is 0.349. The van der Waals surface area contributed by atoms with Crippen molar-refractivity contribution in [1.82, 2.24) is 14.5 Å². The normalized spacial score (nSPS) is 12.0. The number of para-hydroxylation sites is 1. The van der Waals surface area contributed by atoms with Crippen molar-refractivity contribution in [3.8, 4) is 17.0 Å². The van der Waals surface area contributed by atoms with Gasteiger partial charge in [-0.1, -0.05) is 36.0 Å². The molecule has 158 valence electrons. The van der Waals surface area contributed by atoms with Crippen LogP contribution in [0.2, 0.25) is 0 Å². The van der Waals surface area contributed by atoms with Crippen LogP contribution in [0.3, 0.4) is 0 Å². The van der Waals surface area contributed by atoms with Crippen molar-refractivity contribution in [1.29, 1.82) is 0 Å². The maximum absolute atomic E-state index is 12.7. The molecule has 2 heterocycles. The van der Waals surface area contributed by atoms with Gasteiger partial charge in [-0.2, -0.15) is 0 Å². The molecule has 1 N–H and O–H groups in total. The second-order valence-electron chi connectivity index (χ2n) is 6.79. The average Bonchev–Trinajstić information content (AvgIpc) is 3.25. The number of carbonyl (C=O) groups excluding carboxylic acids is 1. The molecule has 1 atom stereocenters. The van der Waals surface area contributed by atoms with E-state index in [1.165, 1.54) is 27.7 Å². The molecule has 0 fully saturated rings. The Morgan fingerprint density at radius 3 is 2.81 bits per heavy atom. The largest absolute Gasteiger partial charge is 0.497 e. The number of rotatable bonds is 6. The van der Waals surface area contributed by atoms with Gasteiger partial charge in [0.25, 0.3) is 5.56 Å². The zero-order valence-electron chi connectivity index (χ0n) is 17.2. The number of thioether (sulfide) groups is 1. The van der Waals surface area contributed by atoms with E-state index in [-0.39, 0.29) is 11.5 Å². The molecule has 4 aromatic rings. The maximum Gasteiger partial charge on any atom is 0.261 e. The molecule has 7 nitrogen and oxygen atoms in total. The Balaban J connectivity index is 1.48. The minimum absolute atomic E-state index is 0.136. The number of anilines is 1. The van der Waals surface area contributed by atoms with E-state index >= 15 is 0 Å². The summed E-state index contributed by atoms with van der Waals surface area (Å²) in [4.78, 5) is 34.3. The molecule has 0 radical (unpaired) electrons. The van der Waals surface area contributed by atoms with Crippen molar-refractivity contribution in [2.24, 2.45) is 7.05 Å². The third-order valence-corrected chi connectivity index (χ3v) is 6.59. The molecule has 1 amide bonds. The lowest BCUT2D eigenvalue weighted by Crippen LogP contribution is -2.25. The first kappa shape index (κ1) is 21.1. The molecule has 0 saturated heterocycles. The van der Waals surface area contributed by atoms with E-state index in [2.05, 4.69) is 15.3 Å². The molecule has 1 unspecified atom stereocenters. The van der Waals surface area contributed by atoms with Crippen molar-refractivity contribution in [3.63, 3.8) is 0 Å². The Bertz CT molecular complexity index is 1320. The number of thiazole rings is 1. The van der Waals surface area contributed by atoms with Crippen LogP contribution in [-0.2, 0) is 11.8 Å². The number of nitrogens with zero attached hydrogens (tertiary/aromatic N) is 3. The lowest BCUT2D eigenvalue weighted by atomic mass is 10.2. The highest BCUT2D eigenvalue weighted by Gasteiger charge is 2.19. The number of amides is 1. The van der Waals surface area contributed by atoms with Crippen LogP contribution in [0, 0.1) is 0 Å². The van der Waals surface area contributed by atoms with Gasteiger partial charge in [-0.15, -0.1) is 11.3 Å². The van der Waals surface area contributed by atoms with Crippen LogP contribution in [0.15, 0.2) is 63.9 Å². The van der Waals surface area contributed by atoms with E-state index in [9.17, 15) is 9.59 Å². The van der Waals surface area contributed by atoms with E-state index in [1.54, 1.807) is 33.2 Å². The first-order valence-corrected chi connectivity index (χ1v) is 11.3. The summed E-state index contributed by atoms with van der Waals surface area (Å²) in [6.45, 7) is 1.78. The van der Waals surface area contributed by atoms with Crippen molar-refractivity contribution in [3.05, 3.63) is 64.3 Å². The van der Waals surface area contributed by atoms with Crippen LogP contribution >= 0.6 is 23.1 Å². The summed E-state index contributed by atoms with van der Waals surface area (Å²) < 4.78 is 6.73. The second kappa shape index (κ2) is 8.91. The van der Waals surface area contributed by atoms with E-state index in [1.807, 2.05) is 41.8 Å². The van der Waals surface area contributed by atoms with Gasteiger partial charge in [0.15, 0.2) is 10.3 Å². The number of hydrogen-bond acceptors (Lipinski definition) is 7. The zero-order chi connectivity index (χ0) is 22.0. The standard InChI is InChI=1S/C22H20N4O3S2/c1-13(31-22-24-17-10-5-4-9-16(17)20(28)26(22)2)19(27)25-21-23-18(12-30-21)14-7-6-8-15(11-14)29-3/h4-13H,1-3H3,(H,23,25,27). The molecule has 0 aliphatic rings. The van der Waals surface area contributed by atoms with Gasteiger partial charge in [-0.05, 0) is 31.2 Å². The molecule has 0 saturated carbocycles. The zero-order valence-corrected chi connectivity index (χ0v) is 18.8. The molecule has 9 heteroatoms. The van der Waals surface area contributed by atoms with Crippen molar-refractivity contribution in [2.45, 2.75) is 17.3 Å². The van der Waals surface area contributed by atoms with Gasteiger partial charge in [0.05, 0.1) is 29.0 Å². The van der Waals surface area contributed by atoms with Gasteiger partial charge >= 0.3 is 0 Å². The predicted molar refractivity (Wildman–Crippen MR) is 125 cm³/mol. The van der Waals surface area contributed by atoms with Gasteiger partial charge in [0.2, 0.25) is 5.91 Å². The summed E-state index contributed by atoms with van der Waals surface area (Å²) in [6.07, 6.45) is 0. The van der Waals surface area contributed by atoms with Crippen LogP contribution in [0.5, 0.6) is 5.75 Å². The molecule has 0 spiro atoms. The van der Waals surface area contributed by atoms with Crippen LogP contribution in [0.25, 0.3) is 22.2 Å². The van der Waals surface area contributed by atoms with E-state index in [0.29, 0.717) is 21.2 Å². The highest BCUT2D eigenvalue weighted by molar-refractivity contribution is 8.00. The number of fused-ring (bicyclic) bond motifs is 1. The maximum atomic E-state index is 12.7. The first-order valence-electron chi connectivity index (χ1n) is 9.49. The van der Waals surface area contributed by atoms with Gasteiger partial charge in [0.1, 0.15) is 5.75 Å². The third kappa shape index (κ3) is 4.47. The fraction of sp³-hybridized carbons (Fsp3) is 0.182. The van der Waals surface area contributed by atoms with E-state index in [4.69, 9.17) is 4.74 Å². The summed E-state index contributed by atoms with van der Waals surface area (Å²) in [7, 11) is 3.28. The number of nitrogens with one attached hydrogen (secondary N) is 1. The van der Waals surface area contributed by atoms with Gasteiger partial charge in [-0.3, -0.25) is 14.2 Å². The number of methoxy groups -OCH3 is 1. The minimum Gasteiger partial charge on any atom is -0.497 e. The van der Waals surface area contributed by atoms with Crippen LogP contribution < -0.4 is 15.6 Å². The lowest BCUT2D eigenvalue weighted by molar-refractivity contribution is -0.115. The fourth-order valence-corrected chi connectivity index (χ4v) is 4.56.